The van der Waals surface area contributed by atoms with Gasteiger partial charge < -0.3 is 14.5 Å². The maximum Gasteiger partial charge on any atom is 0.304 e. The third kappa shape index (κ3) is 4.31. The highest BCUT2D eigenvalue weighted by atomic mass is 28.3. The Balaban J connectivity index is 2.78. The van der Waals surface area contributed by atoms with E-state index in [1.807, 2.05) is 0 Å². The first-order valence-corrected chi connectivity index (χ1v) is 9.50. The summed E-state index contributed by atoms with van der Waals surface area (Å²) < 4.78 is 10.9. The number of carbonyl (C=O) groups is 2. The standard InChI is InChI=1S/C13H25NO4Si/c1-8(15)18-12-10(11(16)14-12)9(13(2,3)4)7-17-19(5)6/h9-10,12,19H,7H2,1-6H3,(H,14,16)/t9?,10-,12+/m0/s1. The molecule has 0 aliphatic carbocycles. The first-order chi connectivity index (χ1) is 8.62. The fourth-order valence-corrected chi connectivity index (χ4v) is 2.82. The van der Waals surface area contributed by atoms with Crippen LogP contribution in [0.25, 0.3) is 0 Å². The second kappa shape index (κ2) is 6.05. The number of nitrogens with one attached hydrogen (secondary N) is 1. The number of ether oxygens (including phenoxy) is 1. The Kier molecular flexibility index (Phi) is 5.15. The van der Waals surface area contributed by atoms with E-state index in [0.29, 0.717) is 6.61 Å². The third-order valence-electron chi connectivity index (χ3n) is 3.36. The van der Waals surface area contributed by atoms with E-state index >= 15 is 0 Å². The molecule has 0 aromatic heterocycles. The van der Waals surface area contributed by atoms with Crippen LogP contribution in [0.2, 0.25) is 13.1 Å². The van der Waals surface area contributed by atoms with E-state index in [9.17, 15) is 9.59 Å². The molecule has 1 N–H and O–H groups in total. The molecule has 6 heteroatoms. The maximum absolute atomic E-state index is 11.8. The summed E-state index contributed by atoms with van der Waals surface area (Å²) in [4.78, 5) is 22.8. The third-order valence-corrected chi connectivity index (χ3v) is 4.22. The van der Waals surface area contributed by atoms with E-state index in [2.05, 4.69) is 39.2 Å². The normalized spacial score (nSPS) is 24.7. The molecule has 0 aromatic rings. The van der Waals surface area contributed by atoms with Crippen LogP contribution >= 0.6 is 0 Å². The Hall–Kier alpha value is -0.883. The van der Waals surface area contributed by atoms with Crippen molar-refractivity contribution in [2.45, 2.75) is 47.0 Å². The number of hydrogen-bond donors (Lipinski definition) is 1. The van der Waals surface area contributed by atoms with Gasteiger partial charge >= 0.3 is 5.97 Å². The van der Waals surface area contributed by atoms with E-state index < -0.39 is 15.3 Å². The SMILES string of the molecule is CC(=O)O[C@H]1NC(=O)[C@@H]1C(CO[SiH](C)C)C(C)(C)C. The van der Waals surface area contributed by atoms with Gasteiger partial charge in [-0.3, -0.25) is 9.59 Å². The predicted molar refractivity (Wildman–Crippen MR) is 75.0 cm³/mol. The van der Waals surface area contributed by atoms with Crippen LogP contribution < -0.4 is 5.32 Å². The molecule has 1 unspecified atom stereocenters. The Morgan fingerprint density at radius 1 is 1.42 bits per heavy atom. The summed E-state index contributed by atoms with van der Waals surface area (Å²) in [5.41, 5.74) is -0.0793. The monoisotopic (exact) mass is 287 g/mol. The molecule has 1 amide bonds. The molecule has 3 atom stereocenters. The summed E-state index contributed by atoms with van der Waals surface area (Å²) >= 11 is 0. The number of carbonyl (C=O) groups excluding carboxylic acids is 2. The minimum Gasteiger partial charge on any atom is -0.441 e. The van der Waals surface area contributed by atoms with Crippen LogP contribution in [0.15, 0.2) is 0 Å². The maximum atomic E-state index is 11.8. The summed E-state index contributed by atoms with van der Waals surface area (Å²) in [5.74, 6) is -0.695. The van der Waals surface area contributed by atoms with Crippen molar-refractivity contribution in [3.63, 3.8) is 0 Å². The summed E-state index contributed by atoms with van der Waals surface area (Å²) in [6.45, 7) is 12.3. The van der Waals surface area contributed by atoms with Crippen molar-refractivity contribution >= 4 is 20.9 Å². The molecule has 0 bridgehead atoms. The van der Waals surface area contributed by atoms with Gasteiger partial charge in [0, 0.05) is 19.4 Å². The van der Waals surface area contributed by atoms with Crippen LogP contribution in [0.3, 0.4) is 0 Å². The molecule has 1 aliphatic heterocycles. The molecule has 1 aliphatic rings. The van der Waals surface area contributed by atoms with Gasteiger partial charge in [0.1, 0.15) is 0 Å². The van der Waals surface area contributed by atoms with Crippen molar-refractivity contribution in [2.24, 2.45) is 17.3 Å². The second-order valence-corrected chi connectivity index (χ2v) is 8.85. The lowest BCUT2D eigenvalue weighted by molar-refractivity contribution is -0.175. The van der Waals surface area contributed by atoms with Crippen LogP contribution in [0.5, 0.6) is 0 Å². The highest BCUT2D eigenvalue weighted by molar-refractivity contribution is 6.48. The average Bonchev–Trinajstić information content (AvgIpc) is 2.20. The molecule has 5 nitrogen and oxygen atoms in total. The summed E-state index contributed by atoms with van der Waals surface area (Å²) in [7, 11) is -1.14. The molecule has 19 heavy (non-hydrogen) atoms. The first kappa shape index (κ1) is 16.2. The van der Waals surface area contributed by atoms with Crippen molar-refractivity contribution in [3.8, 4) is 0 Å². The van der Waals surface area contributed by atoms with E-state index in [-0.39, 0.29) is 29.1 Å². The topological polar surface area (TPSA) is 64.6 Å². The van der Waals surface area contributed by atoms with E-state index in [1.54, 1.807) is 0 Å². The van der Waals surface area contributed by atoms with E-state index in [4.69, 9.17) is 9.16 Å². The zero-order chi connectivity index (χ0) is 14.8. The molecule has 0 saturated carbocycles. The van der Waals surface area contributed by atoms with Gasteiger partial charge in [-0.1, -0.05) is 20.8 Å². The van der Waals surface area contributed by atoms with Gasteiger partial charge in [0.2, 0.25) is 5.91 Å². The number of amides is 1. The molecular weight excluding hydrogens is 262 g/mol. The predicted octanol–water partition coefficient (Wildman–Crippen LogP) is 1.28. The van der Waals surface area contributed by atoms with Crippen LogP contribution in [-0.2, 0) is 18.8 Å². The van der Waals surface area contributed by atoms with Gasteiger partial charge in [-0.05, 0) is 18.5 Å². The molecule has 1 rings (SSSR count). The van der Waals surface area contributed by atoms with Crippen LogP contribution in [0.1, 0.15) is 27.7 Å². The Morgan fingerprint density at radius 2 is 2.00 bits per heavy atom. The van der Waals surface area contributed by atoms with Crippen molar-refractivity contribution < 1.29 is 18.8 Å². The minimum absolute atomic E-state index is 0.0421. The number of β-lactam (4-membered cyclic amide) rings is 1. The van der Waals surface area contributed by atoms with Crippen molar-refractivity contribution in [1.82, 2.24) is 5.32 Å². The van der Waals surface area contributed by atoms with Gasteiger partial charge in [-0.2, -0.15) is 0 Å². The van der Waals surface area contributed by atoms with Gasteiger partial charge in [-0.15, -0.1) is 0 Å². The molecule has 0 radical (unpaired) electrons. The fourth-order valence-electron chi connectivity index (χ4n) is 2.23. The van der Waals surface area contributed by atoms with Crippen LogP contribution in [0.4, 0.5) is 0 Å². The molecule has 1 saturated heterocycles. The zero-order valence-electron chi connectivity index (χ0n) is 12.6. The van der Waals surface area contributed by atoms with Gasteiger partial charge in [0.05, 0.1) is 5.92 Å². The van der Waals surface area contributed by atoms with Crippen molar-refractivity contribution in [2.75, 3.05) is 6.61 Å². The van der Waals surface area contributed by atoms with Gasteiger partial charge in [0.15, 0.2) is 15.3 Å². The van der Waals surface area contributed by atoms with Crippen molar-refractivity contribution in [3.05, 3.63) is 0 Å². The quantitative estimate of drug-likeness (QED) is 0.470. The number of hydrogen-bond acceptors (Lipinski definition) is 4. The van der Waals surface area contributed by atoms with Gasteiger partial charge in [-0.25, -0.2) is 0 Å². The van der Waals surface area contributed by atoms with E-state index in [1.165, 1.54) is 6.92 Å². The lowest BCUT2D eigenvalue weighted by Gasteiger charge is -2.45. The Bertz CT molecular complexity index is 351. The van der Waals surface area contributed by atoms with Gasteiger partial charge in [0.25, 0.3) is 0 Å². The zero-order valence-corrected chi connectivity index (χ0v) is 13.8. The van der Waals surface area contributed by atoms with Crippen molar-refractivity contribution in [1.29, 1.82) is 0 Å². The lowest BCUT2D eigenvalue weighted by Crippen LogP contribution is -2.64. The Labute approximate surface area is 116 Å². The minimum atomic E-state index is -1.14. The molecule has 110 valence electrons. The highest BCUT2D eigenvalue weighted by Crippen LogP contribution is 2.38. The molecule has 1 heterocycles. The van der Waals surface area contributed by atoms with E-state index in [0.717, 1.165) is 0 Å². The first-order valence-electron chi connectivity index (χ1n) is 6.72. The summed E-state index contributed by atoms with van der Waals surface area (Å²) in [5, 5.41) is 2.64. The second-order valence-electron chi connectivity index (χ2n) is 6.42. The lowest BCUT2D eigenvalue weighted by atomic mass is 9.70. The molecular formula is C13H25NO4Si. The summed E-state index contributed by atoms with van der Waals surface area (Å²) in [6.07, 6.45) is -0.508. The molecule has 1 fully saturated rings. The highest BCUT2D eigenvalue weighted by Gasteiger charge is 2.50. The smallest absolute Gasteiger partial charge is 0.304 e. The molecule has 0 aromatic carbocycles. The average molecular weight is 287 g/mol. The number of rotatable bonds is 5. The van der Waals surface area contributed by atoms with Crippen LogP contribution in [-0.4, -0.2) is 33.8 Å². The number of esters is 1. The fraction of sp³-hybridized carbons (Fsp3) is 0.846. The largest absolute Gasteiger partial charge is 0.441 e. The summed E-state index contributed by atoms with van der Waals surface area (Å²) in [6, 6.07) is 0. The Morgan fingerprint density at radius 3 is 2.37 bits per heavy atom. The molecule has 0 spiro atoms. The van der Waals surface area contributed by atoms with Crippen LogP contribution in [0, 0.1) is 17.3 Å².